The molecule has 2 N–H and O–H groups in total. The van der Waals surface area contributed by atoms with Crippen LogP contribution >= 0.6 is 11.8 Å². The van der Waals surface area contributed by atoms with Crippen molar-refractivity contribution in [2.75, 3.05) is 12.3 Å². The minimum absolute atomic E-state index is 0.206. The van der Waals surface area contributed by atoms with Gasteiger partial charge in [0.05, 0.1) is 17.6 Å². The van der Waals surface area contributed by atoms with E-state index in [1.807, 2.05) is 12.2 Å². The van der Waals surface area contributed by atoms with E-state index in [1.165, 1.54) is 6.26 Å². The Morgan fingerprint density at radius 2 is 2.08 bits per heavy atom. The van der Waals surface area contributed by atoms with Gasteiger partial charge in [0.1, 0.15) is 12.3 Å². The molecule has 0 saturated carbocycles. The monoisotopic (exact) mass is 391 g/mol. The first kappa shape index (κ1) is 19.8. The number of thioether (sulfide) groups is 1. The second kappa shape index (κ2) is 8.25. The molecule has 0 radical (unpaired) electrons. The van der Waals surface area contributed by atoms with E-state index >= 15 is 0 Å². The molecule has 0 spiro atoms. The van der Waals surface area contributed by atoms with Crippen molar-refractivity contribution < 1.29 is 27.2 Å². The Morgan fingerprint density at radius 3 is 2.65 bits per heavy atom. The van der Waals surface area contributed by atoms with Crippen molar-refractivity contribution in [3.63, 3.8) is 0 Å². The number of amides is 3. The summed E-state index contributed by atoms with van der Waals surface area (Å²) in [7, 11) is 0. The molecule has 3 amide bonds. The Morgan fingerprint density at radius 1 is 1.35 bits per heavy atom. The van der Waals surface area contributed by atoms with E-state index in [9.17, 15) is 22.8 Å². The summed E-state index contributed by atoms with van der Waals surface area (Å²) in [5.74, 6) is 0.288. The van der Waals surface area contributed by atoms with Crippen LogP contribution in [-0.4, -0.2) is 45.2 Å². The average Bonchev–Trinajstić information content (AvgIpc) is 3.15. The standard InChI is InChI=1S/C14H16F3N5O3S/c1-3-22-11(9-4-5-25-8(9)2)20-21-13(22)26-6-10(23)19-12(24)18-7-14(15,16)17/h4-5H,3,6-7H2,1-2H3,(H2,18,19,23,24). The van der Waals surface area contributed by atoms with Crippen molar-refractivity contribution in [3.05, 3.63) is 18.1 Å². The minimum Gasteiger partial charge on any atom is -0.469 e. The van der Waals surface area contributed by atoms with Gasteiger partial charge in [-0.25, -0.2) is 4.79 Å². The number of rotatable bonds is 6. The largest absolute Gasteiger partial charge is 0.469 e. The van der Waals surface area contributed by atoms with Crippen molar-refractivity contribution in [1.82, 2.24) is 25.4 Å². The molecule has 2 heterocycles. The zero-order chi connectivity index (χ0) is 19.3. The van der Waals surface area contributed by atoms with E-state index in [-0.39, 0.29) is 5.75 Å². The maximum absolute atomic E-state index is 12.0. The molecule has 2 rings (SSSR count). The summed E-state index contributed by atoms with van der Waals surface area (Å²) in [5.41, 5.74) is 0.766. The molecule has 0 fully saturated rings. The Balaban J connectivity index is 1.93. The summed E-state index contributed by atoms with van der Waals surface area (Å²) in [5, 5.41) is 11.9. The highest BCUT2D eigenvalue weighted by molar-refractivity contribution is 7.99. The lowest BCUT2D eigenvalue weighted by molar-refractivity contribution is -0.124. The van der Waals surface area contributed by atoms with Gasteiger partial charge in [-0.2, -0.15) is 13.2 Å². The fourth-order valence-electron chi connectivity index (χ4n) is 2.01. The van der Waals surface area contributed by atoms with E-state index in [0.29, 0.717) is 23.3 Å². The number of carbonyl (C=O) groups excluding carboxylic acids is 2. The van der Waals surface area contributed by atoms with Crippen molar-refractivity contribution in [3.8, 4) is 11.4 Å². The second-order valence-electron chi connectivity index (χ2n) is 5.08. The van der Waals surface area contributed by atoms with Crippen molar-refractivity contribution in [2.45, 2.75) is 31.7 Å². The first-order chi connectivity index (χ1) is 12.2. The molecule has 8 nitrogen and oxygen atoms in total. The molecule has 0 aromatic carbocycles. The van der Waals surface area contributed by atoms with E-state index < -0.39 is 24.7 Å². The quantitative estimate of drug-likeness (QED) is 0.733. The normalized spacial score (nSPS) is 11.4. The lowest BCUT2D eigenvalue weighted by Gasteiger charge is -2.09. The van der Waals surface area contributed by atoms with Gasteiger partial charge in [-0.3, -0.25) is 10.1 Å². The fraction of sp³-hybridized carbons (Fsp3) is 0.429. The number of nitrogens with one attached hydrogen (secondary N) is 2. The van der Waals surface area contributed by atoms with Gasteiger partial charge in [-0.15, -0.1) is 10.2 Å². The van der Waals surface area contributed by atoms with Gasteiger partial charge in [0.2, 0.25) is 5.91 Å². The number of halogens is 3. The molecule has 12 heteroatoms. The SMILES string of the molecule is CCn1c(SCC(=O)NC(=O)NCC(F)(F)F)nnc1-c1ccoc1C. The van der Waals surface area contributed by atoms with Crippen LogP contribution in [0.2, 0.25) is 0 Å². The van der Waals surface area contributed by atoms with Crippen LogP contribution in [0.15, 0.2) is 21.9 Å². The maximum atomic E-state index is 12.0. The molecular formula is C14H16F3N5O3S. The number of urea groups is 1. The van der Waals surface area contributed by atoms with Crippen molar-refractivity contribution in [2.24, 2.45) is 0 Å². The van der Waals surface area contributed by atoms with E-state index in [2.05, 4.69) is 10.2 Å². The Labute approximate surface area is 150 Å². The molecule has 0 saturated heterocycles. The third-order valence-electron chi connectivity index (χ3n) is 3.17. The summed E-state index contributed by atoms with van der Waals surface area (Å²) < 4.78 is 43.0. The lowest BCUT2D eigenvalue weighted by atomic mass is 10.2. The summed E-state index contributed by atoms with van der Waals surface area (Å²) in [6, 6.07) is 0.539. The molecular weight excluding hydrogens is 375 g/mol. The topological polar surface area (TPSA) is 102 Å². The molecule has 26 heavy (non-hydrogen) atoms. The molecule has 0 aliphatic heterocycles. The highest BCUT2D eigenvalue weighted by atomic mass is 32.2. The summed E-state index contributed by atoms with van der Waals surface area (Å²) in [4.78, 5) is 22.9. The number of nitrogens with zero attached hydrogens (tertiary/aromatic N) is 3. The average molecular weight is 391 g/mol. The highest BCUT2D eigenvalue weighted by Gasteiger charge is 2.28. The van der Waals surface area contributed by atoms with Gasteiger partial charge in [-0.1, -0.05) is 11.8 Å². The first-order valence-corrected chi connectivity index (χ1v) is 8.44. The number of carbonyl (C=O) groups is 2. The number of hydrogen-bond acceptors (Lipinski definition) is 6. The van der Waals surface area contributed by atoms with E-state index in [0.717, 1.165) is 17.3 Å². The molecule has 0 aliphatic rings. The number of aryl methyl sites for hydroxylation is 1. The van der Waals surface area contributed by atoms with Gasteiger partial charge >= 0.3 is 12.2 Å². The van der Waals surface area contributed by atoms with Gasteiger partial charge in [0.15, 0.2) is 11.0 Å². The van der Waals surface area contributed by atoms with Gasteiger partial charge in [0.25, 0.3) is 0 Å². The number of furan rings is 1. The van der Waals surface area contributed by atoms with Gasteiger partial charge in [0, 0.05) is 6.54 Å². The molecule has 142 valence electrons. The number of imide groups is 1. The van der Waals surface area contributed by atoms with Crippen LogP contribution in [0.4, 0.5) is 18.0 Å². The number of alkyl halides is 3. The highest BCUT2D eigenvalue weighted by Crippen LogP contribution is 2.26. The molecule has 0 aliphatic carbocycles. The fourth-order valence-corrected chi connectivity index (χ4v) is 2.82. The summed E-state index contributed by atoms with van der Waals surface area (Å²) in [6.07, 6.45) is -3.02. The number of hydrogen-bond donors (Lipinski definition) is 2. The third kappa shape index (κ3) is 5.25. The third-order valence-corrected chi connectivity index (χ3v) is 4.13. The smallest absolute Gasteiger partial charge is 0.405 e. The van der Waals surface area contributed by atoms with Gasteiger partial charge < -0.3 is 14.3 Å². The Bertz CT molecular complexity index is 787. The van der Waals surface area contributed by atoms with Crippen molar-refractivity contribution in [1.29, 1.82) is 0 Å². The summed E-state index contributed by atoms with van der Waals surface area (Å²) >= 11 is 1.01. The van der Waals surface area contributed by atoms with Crippen LogP contribution in [0.1, 0.15) is 12.7 Å². The lowest BCUT2D eigenvalue weighted by Crippen LogP contribution is -2.43. The molecule has 0 bridgehead atoms. The molecule has 0 unspecified atom stereocenters. The zero-order valence-electron chi connectivity index (χ0n) is 13.9. The second-order valence-corrected chi connectivity index (χ2v) is 6.02. The molecule has 2 aromatic rings. The van der Waals surface area contributed by atoms with Crippen LogP contribution in [0.5, 0.6) is 0 Å². The minimum atomic E-state index is -4.55. The zero-order valence-corrected chi connectivity index (χ0v) is 14.7. The first-order valence-electron chi connectivity index (χ1n) is 7.46. The predicted molar refractivity (Wildman–Crippen MR) is 86.5 cm³/mol. The van der Waals surface area contributed by atoms with E-state index in [4.69, 9.17) is 4.42 Å². The Hall–Kier alpha value is -2.50. The number of aromatic nitrogens is 3. The van der Waals surface area contributed by atoms with Crippen molar-refractivity contribution >= 4 is 23.7 Å². The van der Waals surface area contributed by atoms with Crippen LogP contribution in [-0.2, 0) is 11.3 Å². The van der Waals surface area contributed by atoms with Crippen LogP contribution in [0, 0.1) is 6.92 Å². The van der Waals surface area contributed by atoms with Gasteiger partial charge in [-0.05, 0) is 19.9 Å². The predicted octanol–water partition coefficient (Wildman–Crippen LogP) is 2.35. The Kier molecular flexibility index (Phi) is 6.29. The maximum Gasteiger partial charge on any atom is 0.405 e. The van der Waals surface area contributed by atoms with Crippen LogP contribution < -0.4 is 10.6 Å². The van der Waals surface area contributed by atoms with Crippen LogP contribution in [0.25, 0.3) is 11.4 Å². The summed E-state index contributed by atoms with van der Waals surface area (Å²) in [6.45, 7) is 2.67. The molecule has 2 aromatic heterocycles. The molecule has 0 atom stereocenters. The van der Waals surface area contributed by atoms with E-state index in [1.54, 1.807) is 22.9 Å². The van der Waals surface area contributed by atoms with Crippen LogP contribution in [0.3, 0.4) is 0 Å².